The summed E-state index contributed by atoms with van der Waals surface area (Å²) >= 11 is 0. The van der Waals surface area contributed by atoms with Crippen LogP contribution < -0.4 is 10.6 Å². The molecular formula is C12H21N3O5. The fourth-order valence-electron chi connectivity index (χ4n) is 2.14. The summed E-state index contributed by atoms with van der Waals surface area (Å²) in [5.74, 6) is -1.26. The van der Waals surface area contributed by atoms with Gasteiger partial charge in [0.25, 0.3) is 0 Å². The number of aliphatic hydroxyl groups is 1. The third-order valence-corrected chi connectivity index (χ3v) is 3.20. The molecule has 1 rings (SSSR count). The molecule has 8 heteroatoms. The summed E-state index contributed by atoms with van der Waals surface area (Å²) in [6, 6.07) is -1.48. The molecule has 114 valence electrons. The van der Waals surface area contributed by atoms with Crippen molar-refractivity contribution in [3.63, 3.8) is 0 Å². The molecule has 0 aromatic carbocycles. The standard InChI is InChI=1S/C12H21N3O5/c1-8(17)13-9-2-5-15(6-3-9)12(20)14-10(4-7-16)11(18)19/h9-10,16H,2-7H2,1H3,(H,13,17)(H,14,20)(H,18,19)/t10-/m1/s1. The van der Waals surface area contributed by atoms with Gasteiger partial charge in [-0.3, -0.25) is 4.79 Å². The minimum Gasteiger partial charge on any atom is -0.480 e. The topological polar surface area (TPSA) is 119 Å². The van der Waals surface area contributed by atoms with Crippen LogP contribution in [0.4, 0.5) is 4.79 Å². The molecule has 1 saturated heterocycles. The number of amides is 3. The summed E-state index contributed by atoms with van der Waals surface area (Å²) in [4.78, 5) is 35.2. The lowest BCUT2D eigenvalue weighted by atomic mass is 10.1. The number of carbonyl (C=O) groups excluding carboxylic acids is 2. The molecule has 1 aliphatic heterocycles. The molecule has 1 heterocycles. The second-order valence-electron chi connectivity index (χ2n) is 4.81. The van der Waals surface area contributed by atoms with Crippen LogP contribution in [0.2, 0.25) is 0 Å². The highest BCUT2D eigenvalue weighted by atomic mass is 16.4. The normalized spacial score (nSPS) is 17.4. The van der Waals surface area contributed by atoms with Gasteiger partial charge in [-0.25, -0.2) is 9.59 Å². The van der Waals surface area contributed by atoms with Gasteiger partial charge in [0.2, 0.25) is 5.91 Å². The Morgan fingerprint density at radius 3 is 2.35 bits per heavy atom. The highest BCUT2D eigenvalue weighted by Gasteiger charge is 2.26. The summed E-state index contributed by atoms with van der Waals surface area (Å²) in [7, 11) is 0. The first kappa shape index (κ1) is 16.2. The maximum atomic E-state index is 11.9. The molecule has 1 aliphatic rings. The van der Waals surface area contributed by atoms with E-state index in [1.807, 2.05) is 0 Å². The Morgan fingerprint density at radius 1 is 1.30 bits per heavy atom. The predicted molar refractivity (Wildman–Crippen MR) is 70.1 cm³/mol. The number of nitrogens with one attached hydrogen (secondary N) is 2. The zero-order chi connectivity index (χ0) is 15.1. The van der Waals surface area contributed by atoms with Crippen molar-refractivity contribution >= 4 is 17.9 Å². The van der Waals surface area contributed by atoms with Crippen LogP contribution in [-0.4, -0.2) is 64.8 Å². The van der Waals surface area contributed by atoms with Crippen molar-refractivity contribution in [2.24, 2.45) is 0 Å². The molecule has 0 aliphatic carbocycles. The van der Waals surface area contributed by atoms with Crippen molar-refractivity contribution < 1.29 is 24.6 Å². The van der Waals surface area contributed by atoms with Gasteiger partial charge in [-0.15, -0.1) is 0 Å². The maximum absolute atomic E-state index is 11.9. The smallest absolute Gasteiger partial charge is 0.326 e. The molecule has 1 atom stereocenters. The third kappa shape index (κ3) is 5.04. The third-order valence-electron chi connectivity index (χ3n) is 3.20. The monoisotopic (exact) mass is 287 g/mol. The van der Waals surface area contributed by atoms with E-state index in [1.54, 1.807) is 0 Å². The second kappa shape index (κ2) is 7.68. The molecule has 0 aromatic rings. The average molecular weight is 287 g/mol. The van der Waals surface area contributed by atoms with E-state index in [2.05, 4.69) is 10.6 Å². The Morgan fingerprint density at radius 2 is 1.90 bits per heavy atom. The van der Waals surface area contributed by atoms with E-state index in [0.717, 1.165) is 0 Å². The molecule has 20 heavy (non-hydrogen) atoms. The number of carboxylic acids is 1. The van der Waals surface area contributed by atoms with Crippen LogP contribution in [0.1, 0.15) is 26.2 Å². The van der Waals surface area contributed by atoms with Crippen molar-refractivity contribution in [2.75, 3.05) is 19.7 Å². The number of piperidine rings is 1. The molecule has 3 amide bonds. The number of hydrogen-bond donors (Lipinski definition) is 4. The van der Waals surface area contributed by atoms with E-state index < -0.39 is 18.0 Å². The molecule has 0 saturated carbocycles. The number of likely N-dealkylation sites (tertiary alicyclic amines) is 1. The Bertz CT molecular complexity index is 366. The number of rotatable bonds is 5. The van der Waals surface area contributed by atoms with Crippen LogP contribution in [0.3, 0.4) is 0 Å². The average Bonchev–Trinajstić information content (AvgIpc) is 2.38. The van der Waals surface area contributed by atoms with Gasteiger partial charge < -0.3 is 25.7 Å². The van der Waals surface area contributed by atoms with Gasteiger partial charge in [0.05, 0.1) is 0 Å². The van der Waals surface area contributed by atoms with E-state index >= 15 is 0 Å². The Kier molecular flexibility index (Phi) is 6.23. The first-order chi connectivity index (χ1) is 9.43. The molecule has 0 bridgehead atoms. The van der Waals surface area contributed by atoms with Crippen LogP contribution in [0, 0.1) is 0 Å². The molecule has 0 aromatic heterocycles. The van der Waals surface area contributed by atoms with Crippen LogP contribution in [0.15, 0.2) is 0 Å². The number of hydrogen-bond acceptors (Lipinski definition) is 4. The Hall–Kier alpha value is -1.83. The summed E-state index contributed by atoms with van der Waals surface area (Å²) in [5.41, 5.74) is 0. The summed E-state index contributed by atoms with van der Waals surface area (Å²) in [5, 5.41) is 22.8. The van der Waals surface area contributed by atoms with Gasteiger partial charge in [0, 0.05) is 39.1 Å². The number of aliphatic carboxylic acids is 1. The van der Waals surface area contributed by atoms with Crippen molar-refractivity contribution in [1.29, 1.82) is 0 Å². The van der Waals surface area contributed by atoms with Crippen LogP contribution in [0.5, 0.6) is 0 Å². The lowest BCUT2D eigenvalue weighted by Gasteiger charge is -2.32. The second-order valence-corrected chi connectivity index (χ2v) is 4.81. The Labute approximate surface area is 117 Å². The fraction of sp³-hybridized carbons (Fsp3) is 0.750. The molecular weight excluding hydrogens is 266 g/mol. The van der Waals surface area contributed by atoms with Crippen LogP contribution in [0.25, 0.3) is 0 Å². The van der Waals surface area contributed by atoms with Crippen LogP contribution >= 0.6 is 0 Å². The fourth-order valence-corrected chi connectivity index (χ4v) is 2.14. The highest BCUT2D eigenvalue weighted by Crippen LogP contribution is 2.10. The zero-order valence-corrected chi connectivity index (χ0v) is 11.5. The number of carbonyl (C=O) groups is 3. The summed E-state index contributed by atoms with van der Waals surface area (Å²) < 4.78 is 0. The quantitative estimate of drug-likeness (QED) is 0.524. The van der Waals surface area contributed by atoms with Crippen molar-refractivity contribution in [2.45, 2.75) is 38.3 Å². The van der Waals surface area contributed by atoms with Gasteiger partial charge in [-0.2, -0.15) is 0 Å². The summed E-state index contributed by atoms with van der Waals surface area (Å²) in [6.45, 7) is 2.07. The lowest BCUT2D eigenvalue weighted by Crippen LogP contribution is -2.52. The first-order valence-electron chi connectivity index (χ1n) is 6.60. The van der Waals surface area contributed by atoms with E-state index in [1.165, 1.54) is 11.8 Å². The number of carboxylic acid groups (broad SMARTS) is 1. The number of nitrogens with zero attached hydrogens (tertiary/aromatic N) is 1. The van der Waals surface area contributed by atoms with E-state index in [0.29, 0.717) is 25.9 Å². The highest BCUT2D eigenvalue weighted by molar-refractivity contribution is 5.82. The molecule has 8 nitrogen and oxygen atoms in total. The van der Waals surface area contributed by atoms with Gasteiger partial charge >= 0.3 is 12.0 Å². The van der Waals surface area contributed by atoms with Crippen LogP contribution in [-0.2, 0) is 9.59 Å². The molecule has 1 fully saturated rings. The van der Waals surface area contributed by atoms with Gasteiger partial charge in [0.1, 0.15) is 6.04 Å². The van der Waals surface area contributed by atoms with Gasteiger partial charge in [-0.05, 0) is 12.8 Å². The first-order valence-corrected chi connectivity index (χ1v) is 6.60. The number of aliphatic hydroxyl groups excluding tert-OH is 1. The minimum absolute atomic E-state index is 0.0244. The van der Waals surface area contributed by atoms with E-state index in [4.69, 9.17) is 10.2 Å². The predicted octanol–water partition coefficient (Wildman–Crippen LogP) is -0.868. The molecule has 0 spiro atoms. The van der Waals surface area contributed by atoms with Crippen molar-refractivity contribution in [1.82, 2.24) is 15.5 Å². The van der Waals surface area contributed by atoms with Crippen molar-refractivity contribution in [3.05, 3.63) is 0 Å². The maximum Gasteiger partial charge on any atom is 0.326 e. The summed E-state index contributed by atoms with van der Waals surface area (Å²) in [6.07, 6.45) is 1.26. The molecule has 0 radical (unpaired) electrons. The molecule has 0 unspecified atom stereocenters. The van der Waals surface area contributed by atoms with Crippen molar-refractivity contribution in [3.8, 4) is 0 Å². The largest absolute Gasteiger partial charge is 0.480 e. The van der Waals surface area contributed by atoms with Gasteiger partial charge in [-0.1, -0.05) is 0 Å². The van der Waals surface area contributed by atoms with Gasteiger partial charge in [0.15, 0.2) is 0 Å². The van der Waals surface area contributed by atoms with E-state index in [-0.39, 0.29) is 25.0 Å². The Balaban J connectivity index is 2.42. The zero-order valence-electron chi connectivity index (χ0n) is 11.5. The lowest BCUT2D eigenvalue weighted by molar-refractivity contribution is -0.139. The minimum atomic E-state index is -1.17. The SMILES string of the molecule is CC(=O)NC1CCN(C(=O)N[C@H](CCO)C(=O)O)CC1. The molecule has 4 N–H and O–H groups in total. The van der Waals surface area contributed by atoms with E-state index in [9.17, 15) is 14.4 Å². The number of urea groups is 1.